The van der Waals surface area contributed by atoms with Crippen molar-refractivity contribution in [2.75, 3.05) is 0 Å². The van der Waals surface area contributed by atoms with Crippen molar-refractivity contribution in [1.82, 2.24) is 19.9 Å². The molecule has 0 spiro atoms. The second-order valence-electron chi connectivity index (χ2n) is 7.81. The van der Waals surface area contributed by atoms with Crippen LogP contribution in [0.1, 0.15) is 47.7 Å². The summed E-state index contributed by atoms with van der Waals surface area (Å²) in [6.45, 7) is 2.29. The van der Waals surface area contributed by atoms with Gasteiger partial charge >= 0.3 is 0 Å². The number of furan rings is 1. The Labute approximate surface area is 191 Å². The van der Waals surface area contributed by atoms with Crippen molar-refractivity contribution in [2.45, 2.75) is 32.4 Å². The van der Waals surface area contributed by atoms with E-state index in [1.54, 1.807) is 0 Å². The fraction of sp³-hybridized carbons (Fsp3) is 0.192. The number of hydrogen-bond acceptors (Lipinski definition) is 5. The zero-order chi connectivity index (χ0) is 22.6. The predicted octanol–water partition coefficient (Wildman–Crippen LogP) is 5.33. The minimum Gasteiger partial charge on any atom is -0.489 e. The highest BCUT2D eigenvalue weighted by Crippen LogP contribution is 2.28. The van der Waals surface area contributed by atoms with Gasteiger partial charge in [-0.25, -0.2) is 0 Å². The molecule has 3 aromatic heterocycles. The van der Waals surface area contributed by atoms with Crippen LogP contribution in [0.15, 0.2) is 83.4 Å². The number of pyridine rings is 1. The normalized spacial score (nSPS) is 12.2. The molecule has 5 rings (SSSR count). The van der Waals surface area contributed by atoms with E-state index in [4.69, 9.17) is 9.15 Å². The van der Waals surface area contributed by atoms with E-state index in [1.165, 1.54) is 0 Å². The molecule has 0 bridgehead atoms. The number of rotatable bonds is 8. The van der Waals surface area contributed by atoms with Crippen molar-refractivity contribution < 1.29 is 13.9 Å². The first-order valence-corrected chi connectivity index (χ1v) is 11.0. The van der Waals surface area contributed by atoms with E-state index in [0.29, 0.717) is 17.0 Å². The number of nitrogens with zero attached hydrogens (tertiary/aromatic N) is 3. The van der Waals surface area contributed by atoms with Gasteiger partial charge in [-0.15, -0.1) is 10.2 Å². The van der Waals surface area contributed by atoms with Gasteiger partial charge < -0.3 is 14.5 Å². The van der Waals surface area contributed by atoms with E-state index in [0.717, 1.165) is 29.6 Å². The molecule has 1 N–H and O–H groups in total. The number of carbonyl (C=O) groups excluding carboxylic acids is 1. The van der Waals surface area contributed by atoms with Gasteiger partial charge in [-0.2, -0.15) is 0 Å². The number of fused-ring (bicyclic) bond motifs is 2. The number of carbonyl (C=O) groups is 1. The third kappa shape index (κ3) is 4.17. The lowest BCUT2D eigenvalue weighted by atomic mass is 10.1. The highest BCUT2D eigenvalue weighted by molar-refractivity contribution is 5.99. The first kappa shape index (κ1) is 20.8. The highest BCUT2D eigenvalue weighted by atomic mass is 16.5. The molecule has 7 nitrogen and oxygen atoms in total. The molecule has 166 valence electrons. The molecule has 5 aromatic rings. The number of nitrogens with one attached hydrogen (secondary N) is 1. The third-order valence-electron chi connectivity index (χ3n) is 5.57. The molecular formula is C26H24N4O3. The SMILES string of the molecule is CCCC(NC(=O)c1oc2ccccc2c1COc1ccccc1)c1nnc2ccccn12. The van der Waals surface area contributed by atoms with E-state index in [2.05, 4.69) is 22.4 Å². The fourth-order valence-electron chi connectivity index (χ4n) is 3.97. The van der Waals surface area contributed by atoms with Gasteiger partial charge in [0.05, 0.1) is 6.04 Å². The first-order chi connectivity index (χ1) is 16.2. The molecular weight excluding hydrogens is 416 g/mol. The molecule has 3 heterocycles. The maximum Gasteiger partial charge on any atom is 0.288 e. The molecule has 0 aliphatic heterocycles. The molecule has 1 unspecified atom stereocenters. The molecule has 0 aliphatic carbocycles. The summed E-state index contributed by atoms with van der Waals surface area (Å²) in [6.07, 6.45) is 3.49. The molecule has 2 aromatic carbocycles. The average molecular weight is 441 g/mol. The Balaban J connectivity index is 1.46. The van der Waals surface area contributed by atoms with Crippen LogP contribution in [0.3, 0.4) is 0 Å². The van der Waals surface area contributed by atoms with Crippen LogP contribution in [0.4, 0.5) is 0 Å². The molecule has 1 atom stereocenters. The van der Waals surface area contributed by atoms with Crippen molar-refractivity contribution in [1.29, 1.82) is 0 Å². The summed E-state index contributed by atoms with van der Waals surface area (Å²) in [5.74, 6) is 1.37. The van der Waals surface area contributed by atoms with Crippen LogP contribution in [0.5, 0.6) is 5.75 Å². The van der Waals surface area contributed by atoms with Crippen molar-refractivity contribution in [2.24, 2.45) is 0 Å². The van der Waals surface area contributed by atoms with Gasteiger partial charge in [0.1, 0.15) is 17.9 Å². The molecule has 0 saturated heterocycles. The topological polar surface area (TPSA) is 81.7 Å². The Bertz CT molecular complexity index is 1390. The van der Waals surface area contributed by atoms with Gasteiger partial charge in [-0.1, -0.05) is 55.8 Å². The highest BCUT2D eigenvalue weighted by Gasteiger charge is 2.26. The smallest absolute Gasteiger partial charge is 0.288 e. The summed E-state index contributed by atoms with van der Waals surface area (Å²) in [5, 5.41) is 12.6. The Morgan fingerprint density at radius 2 is 1.82 bits per heavy atom. The predicted molar refractivity (Wildman–Crippen MR) is 125 cm³/mol. The minimum atomic E-state index is -0.309. The van der Waals surface area contributed by atoms with Crippen LogP contribution >= 0.6 is 0 Å². The molecule has 7 heteroatoms. The van der Waals surface area contributed by atoms with Gasteiger partial charge in [0, 0.05) is 17.1 Å². The minimum absolute atomic E-state index is 0.218. The average Bonchev–Trinajstić information content (AvgIpc) is 3.45. The molecule has 0 aliphatic rings. The standard InChI is InChI=1S/C26H24N4O3/c1-2-10-21(25-29-28-23-15-8-9-16-30(23)25)27-26(31)24-20(17-32-18-11-4-3-5-12-18)19-13-6-7-14-22(19)33-24/h3-9,11-16,21H,2,10,17H2,1H3,(H,27,31). The Kier molecular flexibility index (Phi) is 5.76. The summed E-state index contributed by atoms with van der Waals surface area (Å²) < 4.78 is 13.9. The zero-order valence-electron chi connectivity index (χ0n) is 18.3. The monoisotopic (exact) mass is 440 g/mol. The van der Waals surface area contributed by atoms with E-state index >= 15 is 0 Å². The fourth-order valence-corrected chi connectivity index (χ4v) is 3.97. The first-order valence-electron chi connectivity index (χ1n) is 11.0. The van der Waals surface area contributed by atoms with Crippen molar-refractivity contribution >= 4 is 22.5 Å². The summed E-state index contributed by atoms with van der Waals surface area (Å²) in [5.41, 5.74) is 2.10. The molecule has 33 heavy (non-hydrogen) atoms. The van der Waals surface area contributed by atoms with Gasteiger partial charge in [0.25, 0.3) is 5.91 Å². The second kappa shape index (κ2) is 9.16. The van der Waals surface area contributed by atoms with Crippen molar-refractivity contribution in [3.05, 3.63) is 96.1 Å². The van der Waals surface area contributed by atoms with E-state index in [9.17, 15) is 4.79 Å². The van der Waals surface area contributed by atoms with E-state index in [-0.39, 0.29) is 24.3 Å². The Morgan fingerprint density at radius 1 is 1.03 bits per heavy atom. The number of ether oxygens (including phenoxy) is 1. The quantitative estimate of drug-likeness (QED) is 0.353. The number of amides is 1. The number of aromatic nitrogens is 3. The van der Waals surface area contributed by atoms with Crippen LogP contribution in [-0.2, 0) is 6.61 Å². The van der Waals surface area contributed by atoms with Gasteiger partial charge in [-0.3, -0.25) is 9.20 Å². The summed E-state index contributed by atoms with van der Waals surface area (Å²) in [7, 11) is 0. The Morgan fingerprint density at radius 3 is 2.67 bits per heavy atom. The zero-order valence-corrected chi connectivity index (χ0v) is 18.3. The molecule has 1 amide bonds. The van der Waals surface area contributed by atoms with Crippen LogP contribution in [0, 0.1) is 0 Å². The van der Waals surface area contributed by atoms with E-state index in [1.807, 2.05) is 83.4 Å². The van der Waals surface area contributed by atoms with Gasteiger partial charge in [-0.05, 0) is 36.8 Å². The second-order valence-corrected chi connectivity index (χ2v) is 7.81. The van der Waals surface area contributed by atoms with Gasteiger partial charge in [0.15, 0.2) is 17.2 Å². The summed E-state index contributed by atoms with van der Waals surface area (Å²) in [6, 6.07) is 22.5. The third-order valence-corrected chi connectivity index (χ3v) is 5.57. The van der Waals surface area contributed by atoms with Crippen LogP contribution in [0.25, 0.3) is 16.6 Å². The van der Waals surface area contributed by atoms with Gasteiger partial charge in [0.2, 0.25) is 0 Å². The number of benzene rings is 2. The lowest BCUT2D eigenvalue weighted by Crippen LogP contribution is -2.30. The van der Waals surface area contributed by atoms with Crippen molar-refractivity contribution in [3.8, 4) is 5.75 Å². The number of hydrogen-bond donors (Lipinski definition) is 1. The van der Waals surface area contributed by atoms with Crippen LogP contribution < -0.4 is 10.1 Å². The van der Waals surface area contributed by atoms with Crippen LogP contribution in [-0.4, -0.2) is 20.5 Å². The number of para-hydroxylation sites is 2. The lowest BCUT2D eigenvalue weighted by molar-refractivity contribution is 0.0903. The van der Waals surface area contributed by atoms with E-state index < -0.39 is 0 Å². The lowest BCUT2D eigenvalue weighted by Gasteiger charge is -2.16. The molecule has 0 radical (unpaired) electrons. The maximum atomic E-state index is 13.4. The molecule has 0 fully saturated rings. The maximum absolute atomic E-state index is 13.4. The summed E-state index contributed by atoms with van der Waals surface area (Å²) in [4.78, 5) is 13.4. The largest absolute Gasteiger partial charge is 0.489 e. The Hall–Kier alpha value is -4.13. The van der Waals surface area contributed by atoms with Crippen LogP contribution in [0.2, 0.25) is 0 Å². The summed E-state index contributed by atoms with van der Waals surface area (Å²) >= 11 is 0. The van der Waals surface area contributed by atoms with Crippen molar-refractivity contribution in [3.63, 3.8) is 0 Å². The molecule has 0 saturated carbocycles.